The topological polar surface area (TPSA) is 58.6 Å². The molecule has 1 atom stereocenters. The summed E-state index contributed by atoms with van der Waals surface area (Å²) in [5.41, 5.74) is 1.55. The fourth-order valence-corrected chi connectivity index (χ4v) is 2.56. The van der Waals surface area contributed by atoms with Crippen LogP contribution in [0, 0.1) is 0 Å². The molecule has 0 radical (unpaired) electrons. The van der Waals surface area contributed by atoms with E-state index < -0.39 is 12.7 Å². The zero-order valence-corrected chi connectivity index (χ0v) is 12.8. The highest BCUT2D eigenvalue weighted by Gasteiger charge is 2.13. The monoisotopic (exact) mass is 325 g/mol. The molecule has 2 N–H and O–H groups in total. The van der Waals surface area contributed by atoms with Crippen molar-refractivity contribution in [3.8, 4) is 5.75 Å². The molecule has 0 bridgehead atoms. The van der Waals surface area contributed by atoms with Crippen LogP contribution in [0.15, 0.2) is 35.9 Å². The van der Waals surface area contributed by atoms with Crippen LogP contribution in [0.4, 0.5) is 8.78 Å². The molecule has 6 heteroatoms. The smallest absolute Gasteiger partial charge is 0.387 e. The average Bonchev–Trinajstić information content (AvgIpc) is 2.53. The molecule has 1 amide bonds. The van der Waals surface area contributed by atoms with Gasteiger partial charge in [-0.15, -0.1) is 0 Å². The molecule has 0 saturated heterocycles. The molecule has 0 saturated carbocycles. The second-order valence-corrected chi connectivity index (χ2v) is 5.56. The zero-order chi connectivity index (χ0) is 16.7. The van der Waals surface area contributed by atoms with Gasteiger partial charge in [-0.1, -0.05) is 23.8 Å². The summed E-state index contributed by atoms with van der Waals surface area (Å²) in [5.74, 6) is -0.160. The van der Waals surface area contributed by atoms with Gasteiger partial charge in [0, 0.05) is 13.0 Å². The molecule has 0 aliphatic heterocycles. The van der Waals surface area contributed by atoms with Crippen LogP contribution in [0.5, 0.6) is 5.75 Å². The summed E-state index contributed by atoms with van der Waals surface area (Å²) < 4.78 is 28.7. The number of carbonyl (C=O) groups excluding carboxylic acids is 1. The average molecular weight is 325 g/mol. The summed E-state index contributed by atoms with van der Waals surface area (Å²) in [4.78, 5) is 11.9. The molecule has 1 unspecified atom stereocenters. The van der Waals surface area contributed by atoms with Crippen LogP contribution in [-0.4, -0.2) is 24.2 Å². The number of benzene rings is 1. The van der Waals surface area contributed by atoms with Crippen LogP contribution in [0.3, 0.4) is 0 Å². The first kappa shape index (κ1) is 17.4. The lowest BCUT2D eigenvalue weighted by Crippen LogP contribution is -2.28. The van der Waals surface area contributed by atoms with Crippen LogP contribution < -0.4 is 10.1 Å². The molecular formula is C17H21F2NO3. The minimum absolute atomic E-state index is 0.0183. The van der Waals surface area contributed by atoms with Crippen molar-refractivity contribution < 1.29 is 23.4 Å². The molecular weight excluding hydrogens is 304 g/mol. The summed E-state index contributed by atoms with van der Waals surface area (Å²) in [5, 5.41) is 12.7. The van der Waals surface area contributed by atoms with Crippen LogP contribution in [-0.2, 0) is 4.79 Å². The Hall–Kier alpha value is -1.95. The number of aliphatic hydroxyl groups excluding tert-OH is 1. The molecule has 0 spiro atoms. The van der Waals surface area contributed by atoms with E-state index in [-0.39, 0.29) is 18.2 Å². The Morgan fingerprint density at radius 2 is 2.17 bits per heavy atom. The molecule has 0 heterocycles. The minimum Gasteiger partial charge on any atom is -0.435 e. The number of ether oxygens (including phenoxy) is 1. The number of alkyl halides is 2. The molecule has 1 aromatic carbocycles. The number of nitrogens with one attached hydrogen (secondary N) is 1. The van der Waals surface area contributed by atoms with Crippen LogP contribution >= 0.6 is 0 Å². The summed E-state index contributed by atoms with van der Waals surface area (Å²) in [6.45, 7) is -2.88. The Bertz CT molecular complexity index is 561. The molecule has 0 aromatic heterocycles. The van der Waals surface area contributed by atoms with E-state index in [1.165, 1.54) is 24.6 Å². The number of amides is 1. The van der Waals surface area contributed by atoms with Gasteiger partial charge < -0.3 is 15.2 Å². The summed E-state index contributed by atoms with van der Waals surface area (Å²) in [6, 6.07) is 5.84. The molecule has 0 fully saturated rings. The first-order chi connectivity index (χ1) is 11.0. The number of halogens is 2. The molecule has 2 rings (SSSR count). The Morgan fingerprint density at radius 3 is 2.87 bits per heavy atom. The number of hydrogen-bond acceptors (Lipinski definition) is 3. The highest BCUT2D eigenvalue weighted by atomic mass is 19.3. The highest BCUT2D eigenvalue weighted by molar-refractivity contribution is 5.78. The van der Waals surface area contributed by atoms with E-state index >= 15 is 0 Å². The quantitative estimate of drug-likeness (QED) is 0.756. The van der Waals surface area contributed by atoms with Crippen molar-refractivity contribution in [1.82, 2.24) is 5.32 Å². The Morgan fingerprint density at radius 1 is 1.35 bits per heavy atom. The van der Waals surface area contributed by atoms with Gasteiger partial charge in [0.15, 0.2) is 0 Å². The fourth-order valence-electron chi connectivity index (χ4n) is 2.56. The van der Waals surface area contributed by atoms with Crippen molar-refractivity contribution >= 4 is 5.91 Å². The fraction of sp³-hybridized carbons (Fsp3) is 0.471. The maximum Gasteiger partial charge on any atom is 0.387 e. The zero-order valence-electron chi connectivity index (χ0n) is 12.8. The van der Waals surface area contributed by atoms with E-state index in [0.29, 0.717) is 12.0 Å². The van der Waals surface area contributed by atoms with E-state index in [0.717, 1.165) is 24.8 Å². The molecule has 1 aliphatic carbocycles. The highest BCUT2D eigenvalue weighted by Crippen LogP contribution is 2.21. The molecule has 4 nitrogen and oxygen atoms in total. The summed E-state index contributed by atoms with van der Waals surface area (Å²) in [7, 11) is 0. The number of aliphatic hydroxyl groups is 1. The lowest BCUT2D eigenvalue weighted by atomic mass is 9.97. The van der Waals surface area contributed by atoms with Gasteiger partial charge in [0.05, 0.1) is 6.10 Å². The standard InChI is InChI=1S/C17H21F2NO3/c18-17(19)23-14-8-4-7-13(10-14)15(21)11-20-16(22)9-12-5-2-1-3-6-12/h4-5,7-8,10,15,17,21H,1-3,6,9,11H2,(H,20,22). The van der Waals surface area contributed by atoms with E-state index in [2.05, 4.69) is 16.1 Å². The van der Waals surface area contributed by atoms with Crippen molar-refractivity contribution in [3.63, 3.8) is 0 Å². The van der Waals surface area contributed by atoms with E-state index in [1.54, 1.807) is 6.07 Å². The predicted molar refractivity (Wildman–Crippen MR) is 82.2 cm³/mol. The number of rotatable bonds is 7. The Balaban J connectivity index is 1.83. The van der Waals surface area contributed by atoms with E-state index in [1.807, 2.05) is 0 Å². The van der Waals surface area contributed by atoms with Crippen molar-refractivity contribution in [2.24, 2.45) is 0 Å². The molecule has 126 valence electrons. The largest absolute Gasteiger partial charge is 0.435 e. The van der Waals surface area contributed by atoms with Gasteiger partial charge in [-0.25, -0.2) is 0 Å². The van der Waals surface area contributed by atoms with Crippen molar-refractivity contribution in [2.45, 2.75) is 44.8 Å². The summed E-state index contributed by atoms with van der Waals surface area (Å²) in [6.07, 6.45) is 5.72. The van der Waals surface area contributed by atoms with Gasteiger partial charge in [0.1, 0.15) is 5.75 Å². The first-order valence-electron chi connectivity index (χ1n) is 7.72. The predicted octanol–water partition coefficient (Wildman–Crippen LogP) is 3.33. The van der Waals surface area contributed by atoms with Gasteiger partial charge in [-0.05, 0) is 43.4 Å². The molecule has 1 aliphatic rings. The van der Waals surface area contributed by atoms with E-state index in [9.17, 15) is 18.7 Å². The van der Waals surface area contributed by atoms with Gasteiger partial charge in [0.2, 0.25) is 5.91 Å². The normalized spacial score (nSPS) is 15.9. The van der Waals surface area contributed by atoms with Crippen LogP contribution in [0.1, 0.15) is 43.8 Å². The third-order valence-electron chi connectivity index (χ3n) is 3.73. The Kier molecular flexibility index (Phi) is 6.52. The van der Waals surface area contributed by atoms with Crippen LogP contribution in [0.2, 0.25) is 0 Å². The third-order valence-corrected chi connectivity index (χ3v) is 3.73. The summed E-state index contributed by atoms with van der Waals surface area (Å²) >= 11 is 0. The van der Waals surface area contributed by atoms with Gasteiger partial charge in [-0.2, -0.15) is 8.78 Å². The van der Waals surface area contributed by atoms with E-state index in [4.69, 9.17) is 0 Å². The molecule has 23 heavy (non-hydrogen) atoms. The van der Waals surface area contributed by atoms with Gasteiger partial charge >= 0.3 is 6.61 Å². The number of carbonyl (C=O) groups is 1. The van der Waals surface area contributed by atoms with Gasteiger partial charge in [-0.3, -0.25) is 4.79 Å². The maximum absolute atomic E-state index is 12.2. The lowest BCUT2D eigenvalue weighted by molar-refractivity contribution is -0.120. The second-order valence-electron chi connectivity index (χ2n) is 5.56. The lowest BCUT2D eigenvalue weighted by Gasteiger charge is -2.15. The van der Waals surface area contributed by atoms with Gasteiger partial charge in [0.25, 0.3) is 0 Å². The first-order valence-corrected chi connectivity index (χ1v) is 7.72. The minimum atomic E-state index is -2.91. The van der Waals surface area contributed by atoms with Crippen molar-refractivity contribution in [3.05, 3.63) is 41.5 Å². The molecule has 1 aromatic rings. The van der Waals surface area contributed by atoms with Crippen LogP contribution in [0.25, 0.3) is 0 Å². The number of hydrogen-bond donors (Lipinski definition) is 2. The van der Waals surface area contributed by atoms with Crippen molar-refractivity contribution in [1.29, 1.82) is 0 Å². The Labute approximate surface area is 134 Å². The SMILES string of the molecule is O=C(CC1=CCCCC1)NCC(O)c1cccc(OC(F)F)c1. The maximum atomic E-state index is 12.2. The number of allylic oxidation sites excluding steroid dienone is 1. The second kappa shape index (κ2) is 8.62. The van der Waals surface area contributed by atoms with Crippen molar-refractivity contribution in [2.75, 3.05) is 6.54 Å². The third kappa shape index (κ3) is 5.98.